The summed E-state index contributed by atoms with van der Waals surface area (Å²) in [6, 6.07) is 3.41. The largest absolute Gasteiger partial charge is 0.352 e. The highest BCUT2D eigenvalue weighted by Gasteiger charge is 2.39. The van der Waals surface area contributed by atoms with E-state index >= 15 is 0 Å². The molecule has 140 valence electrons. The van der Waals surface area contributed by atoms with Gasteiger partial charge in [-0.1, -0.05) is 23.2 Å². The van der Waals surface area contributed by atoms with E-state index in [2.05, 4.69) is 16.0 Å². The van der Waals surface area contributed by atoms with Crippen LogP contribution < -0.4 is 20.9 Å². The summed E-state index contributed by atoms with van der Waals surface area (Å²) in [5.74, 6) is -0.519. The molecule has 1 unspecified atom stereocenters. The second-order valence-electron chi connectivity index (χ2n) is 6.42. The van der Waals surface area contributed by atoms with Crippen LogP contribution in [-0.2, 0) is 9.59 Å². The predicted octanol–water partition coefficient (Wildman–Crippen LogP) is 2.07. The van der Waals surface area contributed by atoms with Crippen molar-refractivity contribution in [2.45, 2.75) is 37.8 Å². The molecule has 2 atom stereocenters. The van der Waals surface area contributed by atoms with Crippen molar-refractivity contribution >= 4 is 46.7 Å². The lowest BCUT2D eigenvalue weighted by Crippen LogP contribution is -2.46. The van der Waals surface area contributed by atoms with Gasteiger partial charge in [0.25, 0.3) is 5.91 Å². The highest BCUT2D eigenvalue weighted by Crippen LogP contribution is 2.29. The monoisotopic (exact) mass is 398 g/mol. The van der Waals surface area contributed by atoms with Crippen molar-refractivity contribution in [1.82, 2.24) is 16.0 Å². The van der Waals surface area contributed by atoms with Crippen molar-refractivity contribution in [2.24, 2.45) is 0 Å². The van der Waals surface area contributed by atoms with E-state index in [0.29, 0.717) is 10.7 Å². The van der Waals surface area contributed by atoms with Crippen LogP contribution in [0.3, 0.4) is 0 Å². The molecule has 0 aromatic heterocycles. The van der Waals surface area contributed by atoms with Gasteiger partial charge in [-0.15, -0.1) is 0 Å². The van der Waals surface area contributed by atoms with Gasteiger partial charge in [0.05, 0.1) is 15.7 Å². The molecule has 1 aromatic rings. The summed E-state index contributed by atoms with van der Waals surface area (Å²) in [6.45, 7) is 1.73. The molecule has 2 saturated heterocycles. The summed E-state index contributed by atoms with van der Waals surface area (Å²) in [7, 11) is 0. The van der Waals surface area contributed by atoms with Crippen LogP contribution in [0.25, 0.3) is 0 Å². The first-order chi connectivity index (χ1) is 12.5. The second kappa shape index (κ2) is 8.24. The van der Waals surface area contributed by atoms with Crippen molar-refractivity contribution < 1.29 is 14.4 Å². The van der Waals surface area contributed by atoms with Gasteiger partial charge < -0.3 is 16.0 Å². The first-order valence-electron chi connectivity index (χ1n) is 8.55. The van der Waals surface area contributed by atoms with Crippen LogP contribution in [0.4, 0.5) is 10.5 Å². The van der Waals surface area contributed by atoms with Gasteiger partial charge in [-0.25, -0.2) is 9.69 Å². The molecule has 2 aliphatic heterocycles. The third kappa shape index (κ3) is 4.28. The van der Waals surface area contributed by atoms with Crippen LogP contribution in [-0.4, -0.2) is 43.0 Å². The molecule has 9 heteroatoms. The van der Waals surface area contributed by atoms with Crippen LogP contribution in [0.2, 0.25) is 10.0 Å². The lowest BCUT2D eigenvalue weighted by molar-refractivity contribution is -0.122. The van der Waals surface area contributed by atoms with E-state index in [0.717, 1.165) is 30.8 Å². The molecular weight excluding hydrogens is 379 g/mol. The summed E-state index contributed by atoms with van der Waals surface area (Å²) in [5, 5.41) is 9.40. The normalized spacial score (nSPS) is 23.1. The standard InChI is InChI=1S/C17H20Cl2N4O3/c18-12-4-3-11(8-13(12)19)23-16(25)14(22-17(23)26)5-6-15(24)21-10-2-1-7-20-9-10/h3-4,8,10,14,20H,1-2,5-7,9H2,(H,21,24)(H,22,26)/t10-,14?/m0/s1. The number of anilines is 1. The molecule has 0 saturated carbocycles. The zero-order valence-corrected chi connectivity index (χ0v) is 15.6. The van der Waals surface area contributed by atoms with Gasteiger partial charge in [0.1, 0.15) is 6.04 Å². The Labute approximate surface area is 161 Å². The number of benzene rings is 1. The quantitative estimate of drug-likeness (QED) is 0.662. The molecule has 0 bridgehead atoms. The number of hydrogen-bond donors (Lipinski definition) is 3. The molecule has 7 nitrogen and oxygen atoms in total. The van der Waals surface area contributed by atoms with Crippen molar-refractivity contribution in [3.63, 3.8) is 0 Å². The molecule has 2 heterocycles. The van der Waals surface area contributed by atoms with Crippen LogP contribution >= 0.6 is 23.2 Å². The maximum atomic E-state index is 12.5. The minimum absolute atomic E-state index is 0.117. The van der Waals surface area contributed by atoms with Gasteiger partial charge in [-0.2, -0.15) is 0 Å². The van der Waals surface area contributed by atoms with Crippen molar-refractivity contribution in [3.8, 4) is 0 Å². The van der Waals surface area contributed by atoms with Crippen molar-refractivity contribution in [1.29, 1.82) is 0 Å². The van der Waals surface area contributed by atoms with Gasteiger partial charge in [-0.05, 0) is 44.0 Å². The maximum absolute atomic E-state index is 12.5. The number of nitrogens with one attached hydrogen (secondary N) is 3. The molecule has 3 rings (SSSR count). The zero-order chi connectivity index (χ0) is 18.7. The third-order valence-electron chi connectivity index (χ3n) is 4.50. The number of urea groups is 1. The molecule has 0 aliphatic carbocycles. The third-order valence-corrected chi connectivity index (χ3v) is 5.24. The minimum atomic E-state index is -0.729. The molecule has 1 aromatic carbocycles. The van der Waals surface area contributed by atoms with Gasteiger partial charge in [0.2, 0.25) is 5.91 Å². The van der Waals surface area contributed by atoms with E-state index in [-0.39, 0.29) is 29.8 Å². The average Bonchev–Trinajstić information content (AvgIpc) is 2.90. The van der Waals surface area contributed by atoms with Crippen LogP contribution in [0, 0.1) is 0 Å². The number of nitrogens with zero attached hydrogens (tertiary/aromatic N) is 1. The number of carbonyl (C=O) groups is 3. The fourth-order valence-electron chi connectivity index (χ4n) is 3.15. The number of halogens is 2. The summed E-state index contributed by atoms with van der Waals surface area (Å²) in [6.07, 6.45) is 2.39. The topological polar surface area (TPSA) is 90.5 Å². The molecule has 4 amide bonds. The predicted molar refractivity (Wildman–Crippen MR) is 99.5 cm³/mol. The van der Waals surface area contributed by atoms with E-state index in [1.165, 1.54) is 12.1 Å². The molecular formula is C17H20Cl2N4O3. The smallest absolute Gasteiger partial charge is 0.329 e. The molecule has 26 heavy (non-hydrogen) atoms. The van der Waals surface area contributed by atoms with E-state index < -0.39 is 18.0 Å². The minimum Gasteiger partial charge on any atom is -0.352 e. The lowest BCUT2D eigenvalue weighted by atomic mass is 10.1. The Balaban J connectivity index is 1.56. The molecule has 0 radical (unpaired) electrons. The van der Waals surface area contributed by atoms with Gasteiger partial charge in [0.15, 0.2) is 0 Å². The van der Waals surface area contributed by atoms with E-state index in [9.17, 15) is 14.4 Å². The maximum Gasteiger partial charge on any atom is 0.329 e. The Bertz CT molecular complexity index is 722. The molecule has 2 fully saturated rings. The molecule has 3 N–H and O–H groups in total. The number of imide groups is 1. The van der Waals surface area contributed by atoms with Crippen LogP contribution in [0.1, 0.15) is 25.7 Å². The van der Waals surface area contributed by atoms with Gasteiger partial charge in [0, 0.05) is 19.0 Å². The van der Waals surface area contributed by atoms with E-state index in [4.69, 9.17) is 23.2 Å². The Morgan fingerprint density at radius 2 is 2.08 bits per heavy atom. The second-order valence-corrected chi connectivity index (χ2v) is 7.24. The van der Waals surface area contributed by atoms with Gasteiger partial charge >= 0.3 is 6.03 Å². The Morgan fingerprint density at radius 3 is 2.77 bits per heavy atom. The van der Waals surface area contributed by atoms with Gasteiger partial charge in [-0.3, -0.25) is 9.59 Å². The number of amides is 4. The summed E-state index contributed by atoms with van der Waals surface area (Å²) >= 11 is 11.8. The van der Waals surface area contributed by atoms with E-state index in [1.54, 1.807) is 6.07 Å². The average molecular weight is 399 g/mol. The van der Waals surface area contributed by atoms with Crippen LogP contribution in [0.15, 0.2) is 18.2 Å². The number of piperidine rings is 1. The first kappa shape index (κ1) is 18.9. The number of hydrogen-bond acceptors (Lipinski definition) is 4. The number of carbonyl (C=O) groups excluding carboxylic acids is 3. The summed E-state index contributed by atoms with van der Waals surface area (Å²) < 4.78 is 0. The summed E-state index contributed by atoms with van der Waals surface area (Å²) in [4.78, 5) is 37.8. The summed E-state index contributed by atoms with van der Waals surface area (Å²) in [5.41, 5.74) is 0.349. The Kier molecular flexibility index (Phi) is 6.01. The van der Waals surface area contributed by atoms with Crippen molar-refractivity contribution in [3.05, 3.63) is 28.2 Å². The van der Waals surface area contributed by atoms with Crippen molar-refractivity contribution in [2.75, 3.05) is 18.0 Å². The lowest BCUT2D eigenvalue weighted by Gasteiger charge is -2.23. The fraction of sp³-hybridized carbons (Fsp3) is 0.471. The van der Waals surface area contributed by atoms with E-state index in [1.807, 2.05) is 0 Å². The highest BCUT2D eigenvalue weighted by atomic mass is 35.5. The fourth-order valence-corrected chi connectivity index (χ4v) is 3.44. The number of rotatable bonds is 5. The SMILES string of the molecule is O=C(CCC1NC(=O)N(c2ccc(Cl)c(Cl)c2)C1=O)N[C@H]1CCCNC1. The molecule has 2 aliphatic rings. The highest BCUT2D eigenvalue weighted by molar-refractivity contribution is 6.42. The first-order valence-corrected chi connectivity index (χ1v) is 9.31. The molecule has 0 spiro atoms. The zero-order valence-electron chi connectivity index (χ0n) is 14.1. The Hall–Kier alpha value is -1.83. The van der Waals surface area contributed by atoms with Crippen LogP contribution in [0.5, 0.6) is 0 Å². The Morgan fingerprint density at radius 1 is 1.27 bits per heavy atom.